The molecule has 0 aliphatic carbocycles. The molecule has 0 spiro atoms. The normalized spacial score (nSPS) is 11.1. The molecule has 0 rings (SSSR count). The molecule has 2 nitrogen and oxygen atoms in total. The van der Waals surface area contributed by atoms with Gasteiger partial charge in [0.2, 0.25) is 0 Å². The molecular weight excluding hydrogens is 154 g/mol. The molecule has 0 heterocycles. The first-order chi connectivity index (χ1) is 5.12. The zero-order valence-corrected chi connectivity index (χ0v) is 8.68. The fourth-order valence-electron chi connectivity index (χ4n) is 1.06. The van der Waals surface area contributed by atoms with Crippen molar-refractivity contribution in [1.82, 2.24) is 0 Å². The SMILES string of the molecule is CCO[Si](C)(C)CCCC#N. The van der Waals surface area contributed by atoms with Crippen LogP contribution in [0.5, 0.6) is 0 Å². The molecule has 0 radical (unpaired) electrons. The molecule has 0 saturated carbocycles. The second-order valence-corrected chi connectivity index (χ2v) is 7.51. The minimum absolute atomic E-state index is 0.670. The predicted molar refractivity (Wildman–Crippen MR) is 48.8 cm³/mol. The Balaban J connectivity index is 3.48. The monoisotopic (exact) mass is 171 g/mol. The lowest BCUT2D eigenvalue weighted by molar-refractivity contribution is 0.328. The maximum absolute atomic E-state index is 8.32. The second kappa shape index (κ2) is 5.33. The van der Waals surface area contributed by atoms with Crippen LogP contribution >= 0.6 is 0 Å². The summed E-state index contributed by atoms with van der Waals surface area (Å²) < 4.78 is 5.61. The Bertz CT molecular complexity index is 140. The van der Waals surface area contributed by atoms with Crippen LogP contribution in [-0.4, -0.2) is 14.9 Å². The van der Waals surface area contributed by atoms with Crippen LogP contribution in [-0.2, 0) is 4.43 Å². The van der Waals surface area contributed by atoms with Gasteiger partial charge in [-0.05, 0) is 32.5 Å². The van der Waals surface area contributed by atoms with E-state index >= 15 is 0 Å². The molecule has 0 fully saturated rings. The van der Waals surface area contributed by atoms with E-state index in [1.807, 2.05) is 6.92 Å². The summed E-state index contributed by atoms with van der Waals surface area (Å²) in [5.41, 5.74) is 0. The maximum atomic E-state index is 8.32. The summed E-state index contributed by atoms with van der Waals surface area (Å²) in [7, 11) is -1.39. The number of rotatable bonds is 5. The smallest absolute Gasteiger partial charge is 0.186 e. The molecule has 0 aliphatic rings. The van der Waals surface area contributed by atoms with Gasteiger partial charge in [0.25, 0.3) is 0 Å². The van der Waals surface area contributed by atoms with E-state index in [-0.39, 0.29) is 0 Å². The molecule has 0 atom stereocenters. The van der Waals surface area contributed by atoms with E-state index in [2.05, 4.69) is 19.2 Å². The Morgan fingerprint density at radius 2 is 2.09 bits per heavy atom. The molecule has 0 amide bonds. The van der Waals surface area contributed by atoms with Crippen LogP contribution in [0, 0.1) is 11.3 Å². The highest BCUT2D eigenvalue weighted by molar-refractivity contribution is 6.71. The number of unbranched alkanes of at least 4 members (excludes halogenated alkanes) is 1. The van der Waals surface area contributed by atoms with Gasteiger partial charge in [0.15, 0.2) is 8.32 Å². The molecular formula is C8H17NOSi. The number of hydrogen-bond donors (Lipinski definition) is 0. The zero-order valence-electron chi connectivity index (χ0n) is 7.68. The van der Waals surface area contributed by atoms with E-state index in [1.54, 1.807) is 0 Å². The van der Waals surface area contributed by atoms with Gasteiger partial charge < -0.3 is 4.43 Å². The Morgan fingerprint density at radius 1 is 1.45 bits per heavy atom. The number of nitriles is 1. The van der Waals surface area contributed by atoms with Gasteiger partial charge >= 0.3 is 0 Å². The maximum Gasteiger partial charge on any atom is 0.186 e. The van der Waals surface area contributed by atoms with E-state index in [0.717, 1.165) is 19.1 Å². The van der Waals surface area contributed by atoms with Crippen molar-refractivity contribution in [1.29, 1.82) is 5.26 Å². The van der Waals surface area contributed by atoms with Gasteiger partial charge in [-0.3, -0.25) is 0 Å². The Labute approximate surface area is 70.3 Å². The standard InChI is InChI=1S/C8H17NOSi/c1-4-10-11(2,3)8-6-5-7-9/h4-6,8H2,1-3H3. The van der Waals surface area contributed by atoms with Crippen LogP contribution in [0.15, 0.2) is 0 Å². The van der Waals surface area contributed by atoms with Crippen molar-refractivity contribution in [2.24, 2.45) is 0 Å². The van der Waals surface area contributed by atoms with Crippen molar-refractivity contribution in [3.8, 4) is 6.07 Å². The van der Waals surface area contributed by atoms with Gasteiger partial charge in [-0.1, -0.05) is 0 Å². The Hall–Kier alpha value is -0.333. The van der Waals surface area contributed by atoms with Gasteiger partial charge in [0, 0.05) is 13.0 Å². The molecule has 0 aliphatic heterocycles. The lowest BCUT2D eigenvalue weighted by Crippen LogP contribution is -2.29. The second-order valence-electron chi connectivity index (χ2n) is 3.20. The quantitative estimate of drug-likeness (QED) is 0.470. The largest absolute Gasteiger partial charge is 0.418 e. The van der Waals surface area contributed by atoms with Gasteiger partial charge in [-0.2, -0.15) is 5.26 Å². The average Bonchev–Trinajstić information content (AvgIpc) is 1.87. The van der Waals surface area contributed by atoms with Crippen LogP contribution in [0.1, 0.15) is 19.8 Å². The molecule has 3 heteroatoms. The van der Waals surface area contributed by atoms with Gasteiger partial charge in [0.1, 0.15) is 0 Å². The number of hydrogen-bond acceptors (Lipinski definition) is 2. The summed E-state index contributed by atoms with van der Waals surface area (Å²) in [5.74, 6) is 0. The lowest BCUT2D eigenvalue weighted by atomic mass is 10.4. The third-order valence-electron chi connectivity index (χ3n) is 1.60. The Kier molecular flexibility index (Phi) is 5.17. The average molecular weight is 171 g/mol. The van der Waals surface area contributed by atoms with Gasteiger partial charge in [-0.25, -0.2) is 0 Å². The van der Waals surface area contributed by atoms with Crippen LogP contribution in [0.4, 0.5) is 0 Å². The highest BCUT2D eigenvalue weighted by atomic mass is 28.4. The first-order valence-corrected chi connectivity index (χ1v) is 7.25. The zero-order chi connectivity index (χ0) is 8.74. The highest BCUT2D eigenvalue weighted by Gasteiger charge is 2.20. The lowest BCUT2D eigenvalue weighted by Gasteiger charge is -2.20. The summed E-state index contributed by atoms with van der Waals surface area (Å²) in [4.78, 5) is 0. The number of nitrogens with zero attached hydrogens (tertiary/aromatic N) is 1. The molecule has 0 unspecified atom stereocenters. The predicted octanol–water partition coefficient (Wildman–Crippen LogP) is 2.53. The van der Waals surface area contributed by atoms with E-state index in [9.17, 15) is 0 Å². The topological polar surface area (TPSA) is 33.0 Å². The fourth-order valence-corrected chi connectivity index (χ4v) is 3.01. The summed E-state index contributed by atoms with van der Waals surface area (Å²) in [6, 6.07) is 3.25. The molecule has 0 aromatic carbocycles. The van der Waals surface area contributed by atoms with E-state index in [0.29, 0.717) is 6.42 Å². The van der Waals surface area contributed by atoms with E-state index < -0.39 is 8.32 Å². The van der Waals surface area contributed by atoms with Gasteiger partial charge in [0.05, 0.1) is 6.07 Å². The van der Waals surface area contributed by atoms with Crippen molar-refractivity contribution in [3.63, 3.8) is 0 Å². The molecule has 0 N–H and O–H groups in total. The van der Waals surface area contributed by atoms with Crippen LogP contribution in [0.3, 0.4) is 0 Å². The molecule has 0 aromatic heterocycles. The van der Waals surface area contributed by atoms with Crippen molar-refractivity contribution in [2.75, 3.05) is 6.61 Å². The van der Waals surface area contributed by atoms with E-state index in [1.165, 1.54) is 0 Å². The summed E-state index contributed by atoms with van der Waals surface area (Å²) >= 11 is 0. The van der Waals surface area contributed by atoms with Crippen molar-refractivity contribution in [3.05, 3.63) is 0 Å². The third kappa shape index (κ3) is 6.08. The van der Waals surface area contributed by atoms with Crippen molar-refractivity contribution >= 4 is 8.32 Å². The summed E-state index contributed by atoms with van der Waals surface area (Å²) in [5, 5.41) is 8.32. The summed E-state index contributed by atoms with van der Waals surface area (Å²) in [6.07, 6.45) is 1.67. The van der Waals surface area contributed by atoms with Crippen LogP contribution in [0.25, 0.3) is 0 Å². The minimum atomic E-state index is -1.39. The molecule has 0 aromatic rings. The molecule has 64 valence electrons. The first kappa shape index (κ1) is 10.7. The first-order valence-electron chi connectivity index (χ1n) is 4.13. The molecule has 0 bridgehead atoms. The summed E-state index contributed by atoms with van der Waals surface area (Å²) in [6.45, 7) is 7.24. The molecule has 0 saturated heterocycles. The fraction of sp³-hybridized carbons (Fsp3) is 0.875. The van der Waals surface area contributed by atoms with Crippen molar-refractivity contribution < 1.29 is 4.43 Å². The van der Waals surface area contributed by atoms with Crippen molar-refractivity contribution in [2.45, 2.75) is 38.9 Å². The highest BCUT2D eigenvalue weighted by Crippen LogP contribution is 2.14. The van der Waals surface area contributed by atoms with E-state index in [4.69, 9.17) is 9.69 Å². The minimum Gasteiger partial charge on any atom is -0.418 e. The van der Waals surface area contributed by atoms with Crippen LogP contribution in [0.2, 0.25) is 19.1 Å². The Morgan fingerprint density at radius 3 is 2.55 bits per heavy atom. The van der Waals surface area contributed by atoms with Gasteiger partial charge in [-0.15, -0.1) is 0 Å². The third-order valence-corrected chi connectivity index (χ3v) is 4.23. The van der Waals surface area contributed by atoms with Crippen LogP contribution < -0.4 is 0 Å². The molecule has 11 heavy (non-hydrogen) atoms.